The van der Waals surface area contributed by atoms with Gasteiger partial charge >= 0.3 is 0 Å². The molecule has 3 aliphatic rings. The van der Waals surface area contributed by atoms with Gasteiger partial charge in [0, 0.05) is 11.8 Å². The van der Waals surface area contributed by atoms with Crippen LogP contribution in [0.1, 0.15) is 27.5 Å². The molecule has 0 bridgehead atoms. The van der Waals surface area contributed by atoms with Crippen molar-refractivity contribution in [1.29, 1.82) is 0 Å². The van der Waals surface area contributed by atoms with Gasteiger partial charge in [0.2, 0.25) is 11.8 Å². The van der Waals surface area contributed by atoms with Crippen LogP contribution in [0.25, 0.3) is 6.08 Å². The topological polar surface area (TPSA) is 66.9 Å². The average molecular weight is 529 g/mol. The number of ketones is 1. The molecule has 0 saturated carbocycles. The number of nitrogens with zero attached hydrogens (tertiary/aromatic N) is 2. The normalized spacial score (nSPS) is 24.3. The zero-order valence-corrected chi connectivity index (χ0v) is 20.4. The number of benzene rings is 3. The molecule has 3 aromatic rings. The highest BCUT2D eigenvalue weighted by Crippen LogP contribution is 2.53. The van der Waals surface area contributed by atoms with Crippen LogP contribution >= 0.6 is 15.9 Å². The fraction of sp³-hybridized carbons (Fsp3) is 0.179. The summed E-state index contributed by atoms with van der Waals surface area (Å²) in [5.74, 6) is -1.65. The number of imide groups is 1. The van der Waals surface area contributed by atoms with E-state index in [0.29, 0.717) is 21.5 Å². The molecule has 0 N–H and O–H groups in total. The Bertz CT molecular complexity index is 1400. The van der Waals surface area contributed by atoms with Gasteiger partial charge in [0.1, 0.15) is 11.8 Å². The second kappa shape index (κ2) is 8.20. The Labute approximate surface area is 210 Å². The number of amides is 2. The second-order valence-corrected chi connectivity index (χ2v) is 9.75. The maximum absolute atomic E-state index is 14.0. The SMILES string of the molecule is COc1ccc(C(=O)[C@@H]2[C@@H]3C(=O)N(c4ccccc4)C(=O)[C@@H]3[C@@H]3c4ccccc4C=CN23)cc1Br. The third-order valence-corrected chi connectivity index (χ3v) is 7.80. The number of hydrogen-bond donors (Lipinski definition) is 0. The van der Waals surface area contributed by atoms with E-state index >= 15 is 0 Å². The van der Waals surface area contributed by atoms with Crippen LogP contribution in [-0.2, 0) is 9.59 Å². The van der Waals surface area contributed by atoms with E-state index < -0.39 is 23.9 Å². The lowest BCUT2D eigenvalue weighted by Crippen LogP contribution is -2.44. The lowest BCUT2D eigenvalue weighted by atomic mass is 9.83. The molecule has 0 spiro atoms. The van der Waals surface area contributed by atoms with Crippen LogP contribution in [-0.4, -0.2) is 35.6 Å². The number of hydrogen-bond acceptors (Lipinski definition) is 5. The van der Waals surface area contributed by atoms with E-state index in [1.54, 1.807) is 49.6 Å². The van der Waals surface area contributed by atoms with Gasteiger partial charge in [-0.05, 0) is 63.5 Å². The molecular weight excluding hydrogens is 508 g/mol. The highest BCUT2D eigenvalue weighted by atomic mass is 79.9. The molecule has 35 heavy (non-hydrogen) atoms. The van der Waals surface area contributed by atoms with Crippen molar-refractivity contribution in [2.24, 2.45) is 11.8 Å². The Balaban J connectivity index is 1.49. The van der Waals surface area contributed by atoms with Gasteiger partial charge in [0.05, 0.1) is 35.1 Å². The fourth-order valence-electron chi connectivity index (χ4n) is 5.68. The van der Waals surface area contributed by atoms with Crippen molar-refractivity contribution < 1.29 is 19.1 Å². The predicted molar refractivity (Wildman–Crippen MR) is 135 cm³/mol. The Hall–Kier alpha value is -3.71. The van der Waals surface area contributed by atoms with Crippen LogP contribution in [0.2, 0.25) is 0 Å². The number of halogens is 1. The number of para-hydroxylation sites is 1. The predicted octanol–water partition coefficient (Wildman–Crippen LogP) is 4.86. The lowest BCUT2D eigenvalue weighted by Gasteiger charge is -2.35. The molecule has 3 aliphatic heterocycles. The quantitative estimate of drug-likeness (QED) is 0.357. The number of ether oxygens (including phenoxy) is 1. The van der Waals surface area contributed by atoms with E-state index in [0.717, 1.165) is 11.1 Å². The highest BCUT2D eigenvalue weighted by molar-refractivity contribution is 9.10. The van der Waals surface area contributed by atoms with Crippen LogP contribution < -0.4 is 9.64 Å². The molecule has 2 fully saturated rings. The molecule has 0 radical (unpaired) electrons. The molecular formula is C28H21BrN2O4. The van der Waals surface area contributed by atoms with E-state index in [4.69, 9.17) is 4.74 Å². The summed E-state index contributed by atoms with van der Waals surface area (Å²) in [5.41, 5.74) is 2.92. The minimum absolute atomic E-state index is 0.203. The first-order valence-electron chi connectivity index (χ1n) is 11.4. The molecule has 3 aromatic carbocycles. The maximum Gasteiger partial charge on any atom is 0.240 e. The van der Waals surface area contributed by atoms with Crippen molar-refractivity contribution in [3.8, 4) is 5.75 Å². The summed E-state index contributed by atoms with van der Waals surface area (Å²) in [4.78, 5) is 44.8. The second-order valence-electron chi connectivity index (χ2n) is 8.89. The molecule has 6 nitrogen and oxygen atoms in total. The largest absolute Gasteiger partial charge is 0.496 e. The number of methoxy groups -OCH3 is 1. The van der Waals surface area contributed by atoms with Gasteiger partial charge in [-0.2, -0.15) is 0 Å². The van der Waals surface area contributed by atoms with Crippen LogP contribution in [0.3, 0.4) is 0 Å². The Morgan fingerprint density at radius 3 is 2.37 bits per heavy atom. The van der Waals surface area contributed by atoms with Crippen molar-refractivity contribution in [2.45, 2.75) is 12.1 Å². The first-order valence-corrected chi connectivity index (χ1v) is 12.2. The van der Waals surface area contributed by atoms with E-state index in [2.05, 4.69) is 15.9 Å². The van der Waals surface area contributed by atoms with E-state index in [-0.39, 0.29) is 17.6 Å². The third-order valence-electron chi connectivity index (χ3n) is 7.18. The summed E-state index contributed by atoms with van der Waals surface area (Å²) >= 11 is 3.46. The zero-order valence-electron chi connectivity index (χ0n) is 18.8. The van der Waals surface area contributed by atoms with Gasteiger partial charge in [-0.15, -0.1) is 0 Å². The van der Waals surface area contributed by atoms with Gasteiger partial charge < -0.3 is 9.64 Å². The summed E-state index contributed by atoms with van der Waals surface area (Å²) in [7, 11) is 1.56. The number of rotatable bonds is 4. The number of carbonyl (C=O) groups is 3. The molecule has 4 atom stereocenters. The van der Waals surface area contributed by atoms with Gasteiger partial charge in [-0.25, -0.2) is 4.90 Å². The van der Waals surface area contributed by atoms with E-state index in [1.807, 2.05) is 47.5 Å². The van der Waals surface area contributed by atoms with E-state index in [9.17, 15) is 14.4 Å². The summed E-state index contributed by atoms with van der Waals surface area (Å²) in [6.45, 7) is 0. The smallest absolute Gasteiger partial charge is 0.240 e. The van der Waals surface area contributed by atoms with Crippen molar-refractivity contribution in [2.75, 3.05) is 12.0 Å². The zero-order chi connectivity index (χ0) is 24.3. The van der Waals surface area contributed by atoms with Crippen molar-refractivity contribution in [3.63, 3.8) is 0 Å². The fourth-order valence-corrected chi connectivity index (χ4v) is 6.22. The molecule has 2 saturated heterocycles. The van der Waals surface area contributed by atoms with Gasteiger partial charge in [0.15, 0.2) is 5.78 Å². The molecule has 0 unspecified atom stereocenters. The molecule has 7 heteroatoms. The van der Waals surface area contributed by atoms with Crippen LogP contribution in [0.4, 0.5) is 5.69 Å². The third kappa shape index (κ3) is 3.18. The number of fused-ring (bicyclic) bond motifs is 5. The first kappa shape index (κ1) is 21.8. The van der Waals surface area contributed by atoms with Crippen LogP contribution in [0.15, 0.2) is 83.5 Å². The molecule has 3 heterocycles. The standard InChI is InChI=1S/C28H21BrN2O4/c1-35-21-12-11-17(15-20(21)29)26(32)25-23-22(24-19-10-6-5-7-16(19)13-14-30(24)25)27(33)31(28(23)34)18-8-3-2-4-9-18/h2-15,22-25H,1H3/t22-,23+,24-,25-/m0/s1. The van der Waals surface area contributed by atoms with Gasteiger partial charge in [0.25, 0.3) is 0 Å². The summed E-state index contributed by atoms with van der Waals surface area (Å²) < 4.78 is 5.96. The minimum Gasteiger partial charge on any atom is -0.496 e. The average Bonchev–Trinajstić information content (AvgIpc) is 3.36. The summed E-state index contributed by atoms with van der Waals surface area (Å²) in [6.07, 6.45) is 3.81. The van der Waals surface area contributed by atoms with Crippen molar-refractivity contribution in [3.05, 3.63) is 100 Å². The molecule has 2 amide bonds. The van der Waals surface area contributed by atoms with Crippen LogP contribution in [0.5, 0.6) is 5.75 Å². The number of Topliss-reactive ketones (excluding diaryl/α,β-unsaturated/α-hetero) is 1. The number of anilines is 1. The Morgan fingerprint density at radius 2 is 1.63 bits per heavy atom. The molecule has 0 aliphatic carbocycles. The molecule has 174 valence electrons. The highest BCUT2D eigenvalue weighted by Gasteiger charge is 2.64. The Kier molecular flexibility index (Phi) is 5.11. The minimum atomic E-state index is -0.805. The molecule has 0 aromatic heterocycles. The van der Waals surface area contributed by atoms with Crippen molar-refractivity contribution >= 4 is 45.3 Å². The summed E-state index contributed by atoms with van der Waals surface area (Å²) in [6, 6.07) is 20.7. The van der Waals surface area contributed by atoms with Gasteiger partial charge in [-0.1, -0.05) is 42.5 Å². The van der Waals surface area contributed by atoms with Gasteiger partial charge in [-0.3, -0.25) is 14.4 Å². The first-order chi connectivity index (χ1) is 17.0. The monoisotopic (exact) mass is 528 g/mol. The summed E-state index contributed by atoms with van der Waals surface area (Å²) in [5, 5.41) is 0. The Morgan fingerprint density at radius 1 is 0.914 bits per heavy atom. The van der Waals surface area contributed by atoms with Crippen molar-refractivity contribution in [1.82, 2.24) is 4.90 Å². The van der Waals surface area contributed by atoms with Crippen LogP contribution in [0, 0.1) is 11.8 Å². The maximum atomic E-state index is 14.0. The molecule has 6 rings (SSSR count). The van der Waals surface area contributed by atoms with E-state index in [1.165, 1.54) is 4.90 Å². The number of carbonyl (C=O) groups excluding carboxylic acids is 3. The lowest BCUT2D eigenvalue weighted by molar-refractivity contribution is -0.123.